The first-order chi connectivity index (χ1) is 9.74. The van der Waals surface area contributed by atoms with Crippen molar-refractivity contribution in [3.05, 3.63) is 51.7 Å². The lowest BCUT2D eigenvalue weighted by atomic mass is 10.2. The van der Waals surface area contributed by atoms with Gasteiger partial charge in [0, 0.05) is 22.1 Å². The van der Waals surface area contributed by atoms with E-state index in [-0.39, 0.29) is 12.1 Å². The number of amides is 2. The standard InChI is InChI=1S/C15H15ClN2OS/c16-11-5-7-12(8-6-11)17-15(19)18-9-1-3-13(18)14-4-2-10-20-14/h2,4-8,10,13H,1,3,9H2,(H,17,19)/t13-/m0/s1. The van der Waals surface area contributed by atoms with E-state index in [9.17, 15) is 4.79 Å². The number of likely N-dealkylation sites (tertiary alicyclic amines) is 1. The molecule has 0 spiro atoms. The molecule has 1 aliphatic rings. The fourth-order valence-corrected chi connectivity index (χ4v) is 3.51. The predicted molar refractivity (Wildman–Crippen MR) is 83.5 cm³/mol. The van der Waals surface area contributed by atoms with Gasteiger partial charge in [0.15, 0.2) is 0 Å². The highest BCUT2D eigenvalue weighted by molar-refractivity contribution is 7.10. The average molecular weight is 307 g/mol. The van der Waals surface area contributed by atoms with Crippen LogP contribution in [0.4, 0.5) is 10.5 Å². The van der Waals surface area contributed by atoms with Gasteiger partial charge < -0.3 is 10.2 Å². The summed E-state index contributed by atoms with van der Waals surface area (Å²) in [6.45, 7) is 0.808. The molecule has 1 N–H and O–H groups in total. The molecule has 0 aliphatic carbocycles. The van der Waals surface area contributed by atoms with E-state index in [4.69, 9.17) is 11.6 Å². The molecule has 0 bridgehead atoms. The quantitative estimate of drug-likeness (QED) is 0.851. The molecular formula is C15H15ClN2OS. The zero-order chi connectivity index (χ0) is 13.9. The van der Waals surface area contributed by atoms with Gasteiger partial charge in [0.05, 0.1) is 6.04 Å². The van der Waals surface area contributed by atoms with Gasteiger partial charge >= 0.3 is 6.03 Å². The summed E-state index contributed by atoms with van der Waals surface area (Å²) in [5, 5.41) is 5.66. The fraction of sp³-hybridized carbons (Fsp3) is 0.267. The molecule has 2 aromatic rings. The average Bonchev–Trinajstić information content (AvgIpc) is 3.11. The lowest BCUT2D eigenvalue weighted by Crippen LogP contribution is -2.34. The van der Waals surface area contributed by atoms with Crippen molar-refractivity contribution in [1.82, 2.24) is 4.90 Å². The fourth-order valence-electron chi connectivity index (χ4n) is 2.51. The summed E-state index contributed by atoms with van der Waals surface area (Å²) < 4.78 is 0. The predicted octanol–water partition coefficient (Wildman–Crippen LogP) is 4.77. The second kappa shape index (κ2) is 5.85. The molecule has 2 heterocycles. The zero-order valence-electron chi connectivity index (χ0n) is 10.9. The first-order valence-corrected chi connectivity index (χ1v) is 7.86. The van der Waals surface area contributed by atoms with Gasteiger partial charge in [0.2, 0.25) is 0 Å². The van der Waals surface area contributed by atoms with Gasteiger partial charge in [-0.3, -0.25) is 0 Å². The number of carbonyl (C=O) groups excluding carboxylic acids is 1. The second-order valence-electron chi connectivity index (χ2n) is 4.80. The van der Waals surface area contributed by atoms with Crippen molar-refractivity contribution in [2.45, 2.75) is 18.9 Å². The molecule has 104 valence electrons. The molecule has 3 rings (SSSR count). The molecule has 1 fully saturated rings. The van der Waals surface area contributed by atoms with Crippen LogP contribution in [0, 0.1) is 0 Å². The van der Waals surface area contributed by atoms with Crippen molar-refractivity contribution >= 4 is 34.7 Å². The summed E-state index contributed by atoms with van der Waals surface area (Å²) >= 11 is 7.55. The number of nitrogens with zero attached hydrogens (tertiary/aromatic N) is 1. The van der Waals surface area contributed by atoms with Crippen LogP contribution < -0.4 is 5.32 Å². The van der Waals surface area contributed by atoms with Crippen LogP contribution >= 0.6 is 22.9 Å². The zero-order valence-corrected chi connectivity index (χ0v) is 12.5. The highest BCUT2D eigenvalue weighted by Gasteiger charge is 2.30. The van der Waals surface area contributed by atoms with Crippen LogP contribution in [-0.2, 0) is 0 Å². The molecule has 20 heavy (non-hydrogen) atoms. The minimum absolute atomic E-state index is 0.0387. The Morgan fingerprint density at radius 1 is 1.30 bits per heavy atom. The minimum atomic E-state index is -0.0387. The molecule has 1 aliphatic heterocycles. The van der Waals surface area contributed by atoms with Gasteiger partial charge in [0.1, 0.15) is 0 Å². The number of anilines is 1. The first kappa shape index (κ1) is 13.5. The monoisotopic (exact) mass is 306 g/mol. The third-order valence-corrected chi connectivity index (χ3v) is 4.71. The summed E-state index contributed by atoms with van der Waals surface area (Å²) in [5.41, 5.74) is 0.774. The number of halogens is 1. The van der Waals surface area contributed by atoms with Crippen LogP contribution in [-0.4, -0.2) is 17.5 Å². The summed E-state index contributed by atoms with van der Waals surface area (Å²) in [6.07, 6.45) is 2.09. The van der Waals surface area contributed by atoms with Gasteiger partial charge in [-0.1, -0.05) is 17.7 Å². The van der Waals surface area contributed by atoms with Crippen molar-refractivity contribution < 1.29 is 4.79 Å². The summed E-state index contributed by atoms with van der Waals surface area (Å²) in [5.74, 6) is 0. The van der Waals surface area contributed by atoms with Gasteiger partial charge in [-0.15, -0.1) is 11.3 Å². The SMILES string of the molecule is O=C(Nc1ccc(Cl)cc1)N1CCC[C@H]1c1cccs1. The second-order valence-corrected chi connectivity index (χ2v) is 6.22. The van der Waals surface area contributed by atoms with Crippen LogP contribution in [0.5, 0.6) is 0 Å². The van der Waals surface area contributed by atoms with Crippen molar-refractivity contribution in [3.8, 4) is 0 Å². The maximum absolute atomic E-state index is 12.4. The number of rotatable bonds is 2. The minimum Gasteiger partial charge on any atom is -0.317 e. The molecule has 0 saturated carbocycles. The van der Waals surface area contributed by atoms with Crippen LogP contribution in [0.15, 0.2) is 41.8 Å². The van der Waals surface area contributed by atoms with E-state index >= 15 is 0 Å². The molecule has 1 aromatic carbocycles. The Labute approximate surface area is 127 Å². The van der Waals surface area contributed by atoms with Crippen molar-refractivity contribution in [2.24, 2.45) is 0 Å². The molecule has 0 radical (unpaired) electrons. The molecule has 1 saturated heterocycles. The number of urea groups is 1. The summed E-state index contributed by atoms with van der Waals surface area (Å²) in [7, 11) is 0. The Bertz CT molecular complexity index is 582. The van der Waals surface area contributed by atoms with E-state index in [0.717, 1.165) is 25.1 Å². The Balaban J connectivity index is 1.71. The lowest BCUT2D eigenvalue weighted by molar-refractivity contribution is 0.208. The third-order valence-electron chi connectivity index (χ3n) is 3.48. The number of hydrogen-bond acceptors (Lipinski definition) is 2. The first-order valence-electron chi connectivity index (χ1n) is 6.60. The molecule has 2 amide bonds. The van der Waals surface area contributed by atoms with E-state index in [0.29, 0.717) is 5.02 Å². The molecule has 0 unspecified atom stereocenters. The van der Waals surface area contributed by atoms with Crippen LogP contribution in [0.25, 0.3) is 0 Å². The van der Waals surface area contributed by atoms with Gasteiger partial charge in [-0.25, -0.2) is 4.79 Å². The number of carbonyl (C=O) groups is 1. The lowest BCUT2D eigenvalue weighted by Gasteiger charge is -2.24. The maximum atomic E-state index is 12.4. The van der Waals surface area contributed by atoms with E-state index in [1.807, 2.05) is 23.1 Å². The topological polar surface area (TPSA) is 32.3 Å². The number of nitrogens with one attached hydrogen (secondary N) is 1. The molecule has 5 heteroatoms. The molecule has 3 nitrogen and oxygen atoms in total. The van der Waals surface area contributed by atoms with Crippen molar-refractivity contribution in [3.63, 3.8) is 0 Å². The Kier molecular flexibility index (Phi) is 3.94. The third kappa shape index (κ3) is 2.81. The normalized spacial score (nSPS) is 18.2. The number of hydrogen-bond donors (Lipinski definition) is 1. The van der Waals surface area contributed by atoms with Crippen molar-refractivity contribution in [1.29, 1.82) is 0 Å². The molecular weight excluding hydrogens is 292 g/mol. The Morgan fingerprint density at radius 2 is 2.10 bits per heavy atom. The number of thiophene rings is 1. The Morgan fingerprint density at radius 3 is 2.80 bits per heavy atom. The largest absolute Gasteiger partial charge is 0.322 e. The van der Waals surface area contributed by atoms with E-state index in [1.165, 1.54) is 4.88 Å². The highest BCUT2D eigenvalue weighted by atomic mass is 35.5. The maximum Gasteiger partial charge on any atom is 0.322 e. The van der Waals surface area contributed by atoms with E-state index in [1.54, 1.807) is 23.5 Å². The van der Waals surface area contributed by atoms with Crippen LogP contribution in [0.3, 0.4) is 0 Å². The van der Waals surface area contributed by atoms with Gasteiger partial charge in [-0.2, -0.15) is 0 Å². The highest BCUT2D eigenvalue weighted by Crippen LogP contribution is 2.34. The summed E-state index contributed by atoms with van der Waals surface area (Å²) in [6, 6.07) is 11.5. The number of benzene rings is 1. The smallest absolute Gasteiger partial charge is 0.317 e. The van der Waals surface area contributed by atoms with Crippen LogP contribution in [0.2, 0.25) is 5.02 Å². The van der Waals surface area contributed by atoms with Crippen LogP contribution in [0.1, 0.15) is 23.8 Å². The van der Waals surface area contributed by atoms with E-state index < -0.39 is 0 Å². The molecule has 1 atom stereocenters. The Hall–Kier alpha value is -1.52. The molecule has 1 aromatic heterocycles. The van der Waals surface area contributed by atoms with Crippen molar-refractivity contribution in [2.75, 3.05) is 11.9 Å². The van der Waals surface area contributed by atoms with Gasteiger partial charge in [0.25, 0.3) is 0 Å². The van der Waals surface area contributed by atoms with E-state index in [2.05, 4.69) is 16.8 Å². The summed E-state index contributed by atoms with van der Waals surface area (Å²) in [4.78, 5) is 15.6. The van der Waals surface area contributed by atoms with Gasteiger partial charge in [-0.05, 0) is 48.6 Å².